The van der Waals surface area contributed by atoms with E-state index in [1.807, 2.05) is 6.07 Å². The van der Waals surface area contributed by atoms with Crippen molar-refractivity contribution in [2.75, 3.05) is 0 Å². The van der Waals surface area contributed by atoms with Gasteiger partial charge >= 0.3 is 0 Å². The van der Waals surface area contributed by atoms with Gasteiger partial charge in [0, 0.05) is 7.05 Å². The van der Waals surface area contributed by atoms with E-state index in [-0.39, 0.29) is 5.75 Å². The molecule has 0 fully saturated rings. The van der Waals surface area contributed by atoms with Gasteiger partial charge in [0.2, 0.25) is 0 Å². The first-order chi connectivity index (χ1) is 7.77. The quantitative estimate of drug-likeness (QED) is 0.630. The predicted octanol–water partition coefficient (Wildman–Crippen LogP) is 0.255. The van der Waals surface area contributed by atoms with E-state index in [1.54, 1.807) is 30.1 Å². The minimum absolute atomic E-state index is 0.145. The number of nitrogens with zero attached hydrogens (tertiary/aromatic N) is 6. The fraction of sp³-hybridized carbons (Fsp3) is 0.111. The van der Waals surface area contributed by atoms with E-state index in [0.717, 1.165) is 5.52 Å². The molecule has 2 heterocycles. The van der Waals surface area contributed by atoms with E-state index in [9.17, 15) is 5.11 Å². The molecule has 0 radical (unpaired) electrons. The summed E-state index contributed by atoms with van der Waals surface area (Å²) < 4.78 is 3.25. The summed E-state index contributed by atoms with van der Waals surface area (Å²) in [5.74, 6) is 0.694. The standard InChI is InChI=1S/C9H8N6O/c1-14-9(11-12-13-14)15-5-10-8-6(15)3-2-4-7(8)16/h2-5,16H,1H3. The van der Waals surface area contributed by atoms with E-state index in [0.29, 0.717) is 11.5 Å². The molecule has 0 bridgehead atoms. The lowest BCUT2D eigenvalue weighted by Crippen LogP contribution is -2.02. The lowest BCUT2D eigenvalue weighted by molar-refractivity contribution is 0.480. The summed E-state index contributed by atoms with van der Waals surface area (Å²) in [6.07, 6.45) is 1.58. The number of aryl methyl sites for hydroxylation is 1. The molecule has 0 saturated heterocycles. The highest BCUT2D eigenvalue weighted by Crippen LogP contribution is 2.23. The van der Waals surface area contributed by atoms with Crippen LogP contribution in [0.2, 0.25) is 0 Å². The molecule has 0 aliphatic rings. The number of aromatic nitrogens is 6. The van der Waals surface area contributed by atoms with Crippen LogP contribution in [0, 0.1) is 0 Å². The molecule has 7 nitrogen and oxygen atoms in total. The first-order valence-corrected chi connectivity index (χ1v) is 4.65. The Bertz CT molecular complexity index is 655. The van der Waals surface area contributed by atoms with Crippen molar-refractivity contribution in [2.45, 2.75) is 0 Å². The third-order valence-electron chi connectivity index (χ3n) is 2.37. The maximum atomic E-state index is 9.62. The van der Waals surface area contributed by atoms with Gasteiger partial charge in [0.25, 0.3) is 5.95 Å². The zero-order valence-corrected chi connectivity index (χ0v) is 8.44. The van der Waals surface area contributed by atoms with Gasteiger partial charge in [0.05, 0.1) is 5.52 Å². The molecule has 3 aromatic rings. The van der Waals surface area contributed by atoms with Gasteiger partial charge in [-0.1, -0.05) is 11.2 Å². The summed E-state index contributed by atoms with van der Waals surface area (Å²) in [6.45, 7) is 0. The second-order valence-corrected chi connectivity index (χ2v) is 3.36. The number of rotatable bonds is 1. The second-order valence-electron chi connectivity index (χ2n) is 3.36. The van der Waals surface area contributed by atoms with Gasteiger partial charge in [0.15, 0.2) is 0 Å². The zero-order chi connectivity index (χ0) is 11.1. The molecule has 3 rings (SSSR count). The van der Waals surface area contributed by atoms with Gasteiger partial charge in [-0.15, -0.1) is 0 Å². The van der Waals surface area contributed by atoms with Crippen LogP contribution in [-0.2, 0) is 7.05 Å². The topological polar surface area (TPSA) is 81.7 Å². The van der Waals surface area contributed by atoms with Crippen molar-refractivity contribution in [1.29, 1.82) is 0 Å². The molecule has 16 heavy (non-hydrogen) atoms. The van der Waals surface area contributed by atoms with Crippen molar-refractivity contribution in [3.8, 4) is 11.7 Å². The van der Waals surface area contributed by atoms with E-state index in [1.165, 1.54) is 4.68 Å². The van der Waals surface area contributed by atoms with Crippen LogP contribution in [-0.4, -0.2) is 34.9 Å². The van der Waals surface area contributed by atoms with Crippen LogP contribution in [0.5, 0.6) is 5.75 Å². The number of benzene rings is 1. The number of tetrazole rings is 1. The molecule has 0 aliphatic carbocycles. The lowest BCUT2D eigenvalue weighted by atomic mass is 10.3. The highest BCUT2D eigenvalue weighted by atomic mass is 16.3. The SMILES string of the molecule is Cn1nnnc1-n1cnc2c(O)cccc21. The minimum atomic E-state index is 0.145. The molecule has 0 atom stereocenters. The van der Waals surface area contributed by atoms with Crippen LogP contribution in [0.4, 0.5) is 0 Å². The lowest BCUT2D eigenvalue weighted by Gasteiger charge is -2.00. The molecule has 0 saturated carbocycles. The van der Waals surface area contributed by atoms with Crippen molar-refractivity contribution in [2.24, 2.45) is 7.05 Å². The maximum Gasteiger partial charge on any atom is 0.255 e. The first kappa shape index (κ1) is 8.84. The van der Waals surface area contributed by atoms with E-state index < -0.39 is 0 Å². The Morgan fingerprint density at radius 2 is 2.19 bits per heavy atom. The second kappa shape index (κ2) is 3.02. The molecule has 0 unspecified atom stereocenters. The molecule has 0 aliphatic heterocycles. The molecule has 2 aromatic heterocycles. The zero-order valence-electron chi connectivity index (χ0n) is 8.44. The first-order valence-electron chi connectivity index (χ1n) is 4.65. The Morgan fingerprint density at radius 3 is 2.94 bits per heavy atom. The fourth-order valence-electron chi connectivity index (χ4n) is 1.61. The van der Waals surface area contributed by atoms with Crippen molar-refractivity contribution in [1.82, 2.24) is 29.8 Å². The van der Waals surface area contributed by atoms with Crippen LogP contribution in [0.15, 0.2) is 24.5 Å². The molecule has 0 spiro atoms. The van der Waals surface area contributed by atoms with Gasteiger partial charge in [-0.05, 0) is 22.6 Å². The van der Waals surface area contributed by atoms with Gasteiger partial charge in [-0.3, -0.25) is 4.57 Å². The number of imidazole rings is 1. The summed E-state index contributed by atoms with van der Waals surface area (Å²) in [4.78, 5) is 4.12. The largest absolute Gasteiger partial charge is 0.506 e. The van der Waals surface area contributed by atoms with Crippen molar-refractivity contribution in [3.05, 3.63) is 24.5 Å². The average molecular weight is 216 g/mol. The average Bonchev–Trinajstić information content (AvgIpc) is 2.84. The summed E-state index contributed by atoms with van der Waals surface area (Å²) in [5, 5.41) is 20.8. The maximum absolute atomic E-state index is 9.62. The monoisotopic (exact) mass is 216 g/mol. The van der Waals surface area contributed by atoms with Crippen molar-refractivity contribution < 1.29 is 5.11 Å². The van der Waals surface area contributed by atoms with Crippen LogP contribution in [0.3, 0.4) is 0 Å². The smallest absolute Gasteiger partial charge is 0.255 e. The minimum Gasteiger partial charge on any atom is -0.506 e. The number of aromatic hydroxyl groups is 1. The normalized spacial score (nSPS) is 11.1. The number of hydrogen-bond acceptors (Lipinski definition) is 5. The molecular weight excluding hydrogens is 208 g/mol. The number of hydrogen-bond donors (Lipinski definition) is 1. The third-order valence-corrected chi connectivity index (χ3v) is 2.37. The van der Waals surface area contributed by atoms with Gasteiger partial charge in [-0.25, -0.2) is 9.67 Å². The van der Waals surface area contributed by atoms with Gasteiger partial charge in [0.1, 0.15) is 17.6 Å². The molecule has 1 aromatic carbocycles. The van der Waals surface area contributed by atoms with E-state index in [2.05, 4.69) is 20.5 Å². The van der Waals surface area contributed by atoms with Crippen LogP contribution < -0.4 is 0 Å². The molecule has 0 amide bonds. The van der Waals surface area contributed by atoms with E-state index >= 15 is 0 Å². The summed E-state index contributed by atoms with van der Waals surface area (Å²) in [6, 6.07) is 5.19. The van der Waals surface area contributed by atoms with Crippen molar-refractivity contribution in [3.63, 3.8) is 0 Å². The number of phenolic OH excluding ortho intramolecular Hbond substituents is 1. The Balaban J connectivity index is 2.34. The van der Waals surface area contributed by atoms with Crippen LogP contribution in [0.1, 0.15) is 0 Å². The summed E-state index contributed by atoms with van der Waals surface area (Å²) in [7, 11) is 1.74. The molecular formula is C9H8N6O. The van der Waals surface area contributed by atoms with Crippen molar-refractivity contribution >= 4 is 11.0 Å². The summed E-state index contributed by atoms with van der Waals surface area (Å²) in [5.41, 5.74) is 1.29. The number of phenols is 1. The number of fused-ring (bicyclic) bond motifs is 1. The molecule has 7 heteroatoms. The van der Waals surface area contributed by atoms with Crippen LogP contribution in [0.25, 0.3) is 17.0 Å². The van der Waals surface area contributed by atoms with Crippen LogP contribution >= 0.6 is 0 Å². The molecule has 1 N–H and O–H groups in total. The Kier molecular flexibility index (Phi) is 1.67. The highest BCUT2D eigenvalue weighted by Gasteiger charge is 2.11. The predicted molar refractivity (Wildman–Crippen MR) is 55.1 cm³/mol. The van der Waals surface area contributed by atoms with Gasteiger partial charge in [-0.2, -0.15) is 0 Å². The van der Waals surface area contributed by atoms with E-state index in [4.69, 9.17) is 0 Å². The highest BCUT2D eigenvalue weighted by molar-refractivity contribution is 5.82. The Hall–Kier alpha value is -2.44. The third kappa shape index (κ3) is 1.08. The fourth-order valence-corrected chi connectivity index (χ4v) is 1.61. The number of para-hydroxylation sites is 1. The Morgan fingerprint density at radius 1 is 1.31 bits per heavy atom. The Labute approximate surface area is 90.0 Å². The van der Waals surface area contributed by atoms with Gasteiger partial charge < -0.3 is 5.11 Å². The molecule has 80 valence electrons. The summed E-state index contributed by atoms with van der Waals surface area (Å²) >= 11 is 0.